The summed E-state index contributed by atoms with van der Waals surface area (Å²) in [5.74, 6) is 0.133. The summed E-state index contributed by atoms with van der Waals surface area (Å²) < 4.78 is 0. The fourth-order valence-electron chi connectivity index (χ4n) is 1.47. The maximum absolute atomic E-state index is 9.89. The van der Waals surface area contributed by atoms with Crippen molar-refractivity contribution in [1.82, 2.24) is 0 Å². The molecule has 74 valence electrons. The maximum Gasteiger partial charge on any atom is 0.185 e. The summed E-state index contributed by atoms with van der Waals surface area (Å²) in [5.41, 5.74) is 1.19. The van der Waals surface area contributed by atoms with Gasteiger partial charge in [0.15, 0.2) is 5.06 Å². The van der Waals surface area contributed by atoms with E-state index in [1.165, 1.54) is 12.1 Å². The van der Waals surface area contributed by atoms with Crippen LogP contribution in [0.15, 0.2) is 24.3 Å². The fraction of sp³-hybridized carbons (Fsp3) is 0.200. The Morgan fingerprint density at radius 2 is 2.07 bits per heavy atom. The molecule has 2 unspecified atom stereocenters. The average Bonchev–Trinajstić information content (AvgIpc) is 2.12. The summed E-state index contributed by atoms with van der Waals surface area (Å²) in [4.78, 5) is 0. The summed E-state index contributed by atoms with van der Waals surface area (Å²) in [7, 11) is 0. The van der Waals surface area contributed by atoms with E-state index in [2.05, 4.69) is 0 Å². The molecule has 14 heavy (non-hydrogen) atoms. The largest absolute Gasteiger partial charge is 0.508 e. The molecule has 2 atom stereocenters. The molecule has 1 aromatic rings. The zero-order chi connectivity index (χ0) is 10.3. The number of phenols is 1. The first-order valence-electron chi connectivity index (χ1n) is 4.09. The maximum atomic E-state index is 9.89. The van der Waals surface area contributed by atoms with Crippen LogP contribution in [0, 0.1) is 0 Å². The van der Waals surface area contributed by atoms with Gasteiger partial charge in [-0.1, -0.05) is 29.8 Å². The van der Waals surface area contributed by atoms with Crippen molar-refractivity contribution in [3.63, 3.8) is 0 Å². The van der Waals surface area contributed by atoms with Crippen LogP contribution in [0.2, 0.25) is 0 Å². The first-order valence-corrected chi connectivity index (χ1v) is 4.90. The van der Waals surface area contributed by atoms with E-state index in [0.717, 1.165) is 0 Å². The summed E-state index contributed by atoms with van der Waals surface area (Å²) in [6.45, 7) is 0. The van der Waals surface area contributed by atoms with Crippen molar-refractivity contribution >= 4 is 29.3 Å². The molecular formula is C10H8Cl2O2. The molecule has 0 heterocycles. The SMILES string of the molecule is Oc1ccc2c(c1)C=CC(Cl)C2(O)Cl. The number of rotatable bonds is 0. The third-order valence-electron chi connectivity index (χ3n) is 2.22. The minimum atomic E-state index is -1.60. The van der Waals surface area contributed by atoms with Gasteiger partial charge < -0.3 is 10.2 Å². The number of aliphatic hydroxyl groups is 1. The number of hydrogen-bond acceptors (Lipinski definition) is 2. The molecule has 0 spiro atoms. The van der Waals surface area contributed by atoms with Gasteiger partial charge in [-0.25, -0.2) is 0 Å². The van der Waals surface area contributed by atoms with Crippen molar-refractivity contribution in [1.29, 1.82) is 0 Å². The van der Waals surface area contributed by atoms with Crippen molar-refractivity contribution < 1.29 is 10.2 Å². The Kier molecular flexibility index (Phi) is 2.22. The Labute approximate surface area is 91.4 Å². The molecule has 2 N–H and O–H groups in total. The van der Waals surface area contributed by atoms with Gasteiger partial charge in [0.05, 0.1) is 5.38 Å². The first kappa shape index (κ1) is 9.84. The lowest BCUT2D eigenvalue weighted by Crippen LogP contribution is -2.31. The molecule has 0 aliphatic heterocycles. The summed E-state index contributed by atoms with van der Waals surface area (Å²) in [6.07, 6.45) is 3.32. The zero-order valence-electron chi connectivity index (χ0n) is 7.11. The van der Waals surface area contributed by atoms with Gasteiger partial charge in [-0.2, -0.15) is 0 Å². The highest BCUT2D eigenvalue weighted by atomic mass is 35.5. The predicted molar refractivity (Wildman–Crippen MR) is 56.5 cm³/mol. The van der Waals surface area contributed by atoms with Gasteiger partial charge in [0.1, 0.15) is 5.75 Å². The second-order valence-electron chi connectivity index (χ2n) is 3.21. The third-order valence-corrected chi connectivity index (χ3v) is 3.23. The highest BCUT2D eigenvalue weighted by molar-refractivity contribution is 6.33. The number of hydrogen-bond donors (Lipinski definition) is 2. The van der Waals surface area contributed by atoms with Crippen LogP contribution >= 0.6 is 23.2 Å². The smallest absolute Gasteiger partial charge is 0.185 e. The Hall–Kier alpha value is -0.700. The highest BCUT2D eigenvalue weighted by Gasteiger charge is 2.37. The number of halogens is 2. The molecule has 0 saturated heterocycles. The van der Waals surface area contributed by atoms with E-state index in [1.807, 2.05) is 0 Å². The van der Waals surface area contributed by atoms with Gasteiger partial charge in [0.2, 0.25) is 0 Å². The van der Waals surface area contributed by atoms with E-state index < -0.39 is 10.4 Å². The van der Waals surface area contributed by atoms with E-state index in [9.17, 15) is 10.2 Å². The normalized spacial score (nSPS) is 30.1. The predicted octanol–water partition coefficient (Wildman–Crippen LogP) is 2.41. The van der Waals surface area contributed by atoms with E-state index in [-0.39, 0.29) is 5.75 Å². The van der Waals surface area contributed by atoms with Gasteiger partial charge in [0.25, 0.3) is 0 Å². The second kappa shape index (κ2) is 3.16. The van der Waals surface area contributed by atoms with Crippen molar-refractivity contribution in [2.45, 2.75) is 10.4 Å². The van der Waals surface area contributed by atoms with E-state index >= 15 is 0 Å². The second-order valence-corrected chi connectivity index (χ2v) is 4.25. The third kappa shape index (κ3) is 1.40. The van der Waals surface area contributed by atoms with Gasteiger partial charge >= 0.3 is 0 Å². The van der Waals surface area contributed by atoms with E-state index in [1.54, 1.807) is 18.2 Å². The molecule has 4 heteroatoms. The quantitative estimate of drug-likeness (QED) is 0.673. The average molecular weight is 231 g/mol. The molecule has 1 aromatic carbocycles. The molecule has 2 nitrogen and oxygen atoms in total. The van der Waals surface area contributed by atoms with Crippen molar-refractivity contribution in [3.8, 4) is 5.75 Å². The molecular weight excluding hydrogens is 223 g/mol. The number of phenolic OH excluding ortho intramolecular Hbond substituents is 1. The first-order chi connectivity index (χ1) is 6.51. The van der Waals surface area contributed by atoms with Crippen molar-refractivity contribution in [3.05, 3.63) is 35.4 Å². The standard InChI is InChI=1S/C10H8Cl2O2/c11-9-4-1-6-5-7(13)2-3-8(6)10(9,12)14/h1-5,9,13-14H. The monoisotopic (exact) mass is 230 g/mol. The molecule has 1 aliphatic carbocycles. The van der Waals surface area contributed by atoms with Crippen LogP contribution in [0.25, 0.3) is 6.08 Å². The van der Waals surface area contributed by atoms with Gasteiger partial charge in [0, 0.05) is 5.56 Å². The molecule has 1 aliphatic rings. The lowest BCUT2D eigenvalue weighted by Gasteiger charge is -2.29. The van der Waals surface area contributed by atoms with E-state index in [0.29, 0.717) is 11.1 Å². The molecule has 0 radical (unpaired) electrons. The van der Waals surface area contributed by atoms with Gasteiger partial charge in [-0.3, -0.25) is 0 Å². The summed E-state index contributed by atoms with van der Waals surface area (Å²) in [6, 6.07) is 4.56. The number of aromatic hydroxyl groups is 1. The van der Waals surface area contributed by atoms with Crippen LogP contribution < -0.4 is 0 Å². The van der Waals surface area contributed by atoms with Gasteiger partial charge in [-0.15, -0.1) is 11.6 Å². The Balaban J connectivity index is 2.61. The number of fused-ring (bicyclic) bond motifs is 1. The molecule has 0 saturated carbocycles. The Morgan fingerprint density at radius 1 is 1.36 bits per heavy atom. The van der Waals surface area contributed by atoms with Crippen LogP contribution in [0.1, 0.15) is 11.1 Å². The topological polar surface area (TPSA) is 40.5 Å². The fourth-order valence-corrected chi connectivity index (χ4v) is 1.91. The van der Waals surface area contributed by atoms with Gasteiger partial charge in [-0.05, 0) is 17.7 Å². The van der Waals surface area contributed by atoms with Crippen molar-refractivity contribution in [2.75, 3.05) is 0 Å². The molecule has 0 fully saturated rings. The highest BCUT2D eigenvalue weighted by Crippen LogP contribution is 2.40. The lowest BCUT2D eigenvalue weighted by molar-refractivity contribution is 0.134. The Morgan fingerprint density at radius 3 is 2.79 bits per heavy atom. The summed E-state index contributed by atoms with van der Waals surface area (Å²) in [5, 5.41) is 16.9. The summed E-state index contributed by atoms with van der Waals surface area (Å²) >= 11 is 11.7. The number of alkyl halides is 2. The Bertz CT molecular complexity index is 399. The zero-order valence-corrected chi connectivity index (χ0v) is 8.63. The molecule has 2 rings (SSSR count). The minimum Gasteiger partial charge on any atom is -0.508 e. The van der Waals surface area contributed by atoms with Crippen LogP contribution in [-0.2, 0) is 5.06 Å². The van der Waals surface area contributed by atoms with Crippen LogP contribution in [0.3, 0.4) is 0 Å². The number of benzene rings is 1. The van der Waals surface area contributed by atoms with Crippen molar-refractivity contribution in [2.24, 2.45) is 0 Å². The minimum absolute atomic E-state index is 0.133. The van der Waals surface area contributed by atoms with E-state index in [4.69, 9.17) is 23.2 Å². The lowest BCUT2D eigenvalue weighted by atomic mass is 9.94. The van der Waals surface area contributed by atoms with Crippen LogP contribution in [0.5, 0.6) is 5.75 Å². The molecule has 0 bridgehead atoms. The molecule has 0 aromatic heterocycles. The van der Waals surface area contributed by atoms with Crippen LogP contribution in [0.4, 0.5) is 0 Å². The molecule has 0 amide bonds. The van der Waals surface area contributed by atoms with Crippen LogP contribution in [-0.4, -0.2) is 15.6 Å².